The molecule has 14 heteroatoms. The molecule has 126 valence electrons. The summed E-state index contributed by atoms with van der Waals surface area (Å²) < 4.78 is 138. The second kappa shape index (κ2) is 5.92. The largest absolute Gasteiger partial charge is 0.387 e. The van der Waals surface area contributed by atoms with Gasteiger partial charge in [-0.15, -0.1) is 0 Å². The van der Waals surface area contributed by atoms with Gasteiger partial charge in [0, 0.05) is 52.6 Å². The molecule has 0 fully saturated rings. The third kappa shape index (κ3) is 3.44. The zero-order chi connectivity index (χ0) is 17.0. The first kappa shape index (κ1) is 23.9. The third-order valence-electron chi connectivity index (χ3n) is 1.90. The summed E-state index contributed by atoms with van der Waals surface area (Å²) in [5.74, 6) is -28.9. The Balaban J connectivity index is 0. The van der Waals surface area contributed by atoms with Gasteiger partial charge < -0.3 is 0 Å². The van der Waals surface area contributed by atoms with Crippen molar-refractivity contribution in [2.75, 3.05) is 0 Å². The van der Waals surface area contributed by atoms with Gasteiger partial charge in [0.2, 0.25) is 0 Å². The van der Waals surface area contributed by atoms with E-state index >= 15 is 0 Å². The topological polar surface area (TPSA) is 0 Å². The molecule has 0 aromatic carbocycles. The molecule has 0 saturated heterocycles. The van der Waals surface area contributed by atoms with Crippen LogP contribution < -0.4 is 0 Å². The van der Waals surface area contributed by atoms with Gasteiger partial charge >= 0.3 is 31.5 Å². The van der Waals surface area contributed by atoms with E-state index in [4.69, 9.17) is 0 Å². The van der Waals surface area contributed by atoms with E-state index in [9.17, 15) is 52.7 Å². The van der Waals surface area contributed by atoms with E-state index in [1.165, 1.54) is 0 Å². The fraction of sp³-hybridized carbons (Fsp3) is 0.857. The second-order valence-electron chi connectivity index (χ2n) is 3.29. The summed E-state index contributed by atoms with van der Waals surface area (Å²) >= 11 is -1.39. The summed E-state index contributed by atoms with van der Waals surface area (Å²) in [7, 11) is 0. The highest BCUT2D eigenvalue weighted by molar-refractivity contribution is 14.1. The summed E-state index contributed by atoms with van der Waals surface area (Å²) in [6.07, 6.45) is 0. The van der Waals surface area contributed by atoms with Crippen LogP contribution in [0.4, 0.5) is 52.7 Å². The fourth-order valence-electron chi connectivity index (χ4n) is 0.750. The van der Waals surface area contributed by atoms with Crippen molar-refractivity contribution < 1.29 is 52.7 Å². The lowest BCUT2D eigenvalue weighted by Gasteiger charge is -2.39. The maximum Gasteiger partial charge on any atom is 0.387 e. The molecule has 0 atom stereocenters. The van der Waals surface area contributed by atoms with Gasteiger partial charge in [0.15, 0.2) is 0 Å². The van der Waals surface area contributed by atoms with Crippen molar-refractivity contribution in [2.45, 2.75) is 31.5 Å². The van der Waals surface area contributed by atoms with Crippen LogP contribution in [0.5, 0.6) is 0 Å². The minimum Gasteiger partial charge on any atom is -0.192 e. The standard InChI is InChI=1S/C6F12I2.C/c7-1(8,3(11,12)5(15,16)19)2(9,10)4(13,14)6(17,18)20;. The minimum atomic E-state index is -7.44. The SMILES string of the molecule is FC(F)(I)C(F)(F)C(F)(F)C(F)(F)C(F)(F)C(F)(F)I.[C]. The Morgan fingerprint density at radius 1 is 0.381 bits per heavy atom. The lowest BCUT2D eigenvalue weighted by Crippen LogP contribution is -2.68. The monoisotopic (exact) mass is 566 g/mol. The summed E-state index contributed by atoms with van der Waals surface area (Å²) in [4.78, 5) is 0. The summed E-state index contributed by atoms with van der Waals surface area (Å²) in [6, 6.07) is 0. The molecule has 0 aliphatic rings. The first-order valence-electron chi connectivity index (χ1n) is 3.90. The maximum atomic E-state index is 12.7. The molecule has 0 aromatic heterocycles. The number of hydrogen-bond donors (Lipinski definition) is 0. The first-order valence-corrected chi connectivity index (χ1v) is 6.05. The molecule has 0 spiro atoms. The molecular weight excluding hydrogens is 566 g/mol. The highest BCUT2D eigenvalue weighted by Crippen LogP contribution is 2.61. The van der Waals surface area contributed by atoms with Gasteiger partial charge in [-0.05, 0) is 0 Å². The molecule has 21 heavy (non-hydrogen) atoms. The van der Waals surface area contributed by atoms with Crippen LogP contribution in [0.1, 0.15) is 0 Å². The molecular formula is C7F12I2. The van der Waals surface area contributed by atoms with Crippen LogP contribution in [0.3, 0.4) is 0 Å². The number of rotatable bonds is 5. The Morgan fingerprint density at radius 3 is 0.619 bits per heavy atom. The van der Waals surface area contributed by atoms with E-state index in [1.807, 2.05) is 0 Å². The highest BCUT2D eigenvalue weighted by atomic mass is 127. The van der Waals surface area contributed by atoms with E-state index in [0.717, 1.165) is 0 Å². The normalized spacial score (nSPS) is 15.7. The number of alkyl halides is 14. The van der Waals surface area contributed by atoms with Crippen molar-refractivity contribution in [1.29, 1.82) is 0 Å². The molecule has 0 saturated carbocycles. The van der Waals surface area contributed by atoms with E-state index in [-0.39, 0.29) is 7.43 Å². The lowest BCUT2D eigenvalue weighted by atomic mass is 9.99. The summed E-state index contributed by atoms with van der Waals surface area (Å²) in [5, 5.41) is 0. The van der Waals surface area contributed by atoms with Crippen molar-refractivity contribution in [3.8, 4) is 0 Å². The van der Waals surface area contributed by atoms with Crippen molar-refractivity contribution >= 4 is 45.2 Å². The van der Waals surface area contributed by atoms with Crippen molar-refractivity contribution in [3.05, 3.63) is 7.43 Å². The van der Waals surface area contributed by atoms with Gasteiger partial charge in [-0.2, -0.15) is 52.7 Å². The van der Waals surface area contributed by atoms with Crippen LogP contribution in [0.25, 0.3) is 0 Å². The van der Waals surface area contributed by atoms with Gasteiger partial charge in [0.05, 0.1) is 0 Å². The Labute approximate surface area is 136 Å². The van der Waals surface area contributed by atoms with Gasteiger partial charge in [-0.25, -0.2) is 0 Å². The Kier molecular flexibility index (Phi) is 6.73. The molecule has 0 nitrogen and oxygen atoms in total. The fourth-order valence-corrected chi connectivity index (χ4v) is 1.43. The van der Waals surface area contributed by atoms with Crippen LogP contribution in [-0.4, -0.2) is 31.5 Å². The molecule has 4 radical (unpaired) electrons. The van der Waals surface area contributed by atoms with Crippen LogP contribution in [-0.2, 0) is 0 Å². The Morgan fingerprint density at radius 2 is 0.524 bits per heavy atom. The average Bonchev–Trinajstić information content (AvgIpc) is 2.12. The molecule has 0 N–H and O–H groups in total. The average molecular weight is 566 g/mol. The smallest absolute Gasteiger partial charge is 0.192 e. The number of halogens is 14. The van der Waals surface area contributed by atoms with Gasteiger partial charge in [-0.3, -0.25) is 0 Å². The molecule has 0 aliphatic heterocycles. The molecule has 0 aromatic rings. The first-order chi connectivity index (χ1) is 8.25. The van der Waals surface area contributed by atoms with Crippen molar-refractivity contribution in [1.82, 2.24) is 0 Å². The van der Waals surface area contributed by atoms with Crippen LogP contribution in [0.15, 0.2) is 0 Å². The Hall–Kier alpha value is 0.620. The van der Waals surface area contributed by atoms with Crippen LogP contribution >= 0.6 is 45.2 Å². The van der Waals surface area contributed by atoms with E-state index < -0.39 is 76.7 Å². The zero-order valence-electron chi connectivity index (χ0n) is 8.79. The maximum absolute atomic E-state index is 12.7. The van der Waals surface area contributed by atoms with Crippen molar-refractivity contribution in [2.24, 2.45) is 0 Å². The van der Waals surface area contributed by atoms with Gasteiger partial charge in [0.25, 0.3) is 0 Å². The second-order valence-corrected chi connectivity index (χ2v) is 6.00. The molecule has 0 aliphatic carbocycles. The predicted octanol–water partition coefficient (Wildman–Crippen LogP) is 5.66. The Bertz CT molecular complexity index is 329. The van der Waals surface area contributed by atoms with Crippen LogP contribution in [0, 0.1) is 7.43 Å². The summed E-state index contributed by atoms with van der Waals surface area (Å²) in [6.45, 7) is 0. The molecule has 0 bridgehead atoms. The van der Waals surface area contributed by atoms with Gasteiger partial charge in [0.1, 0.15) is 0 Å². The highest BCUT2D eigenvalue weighted by Gasteiger charge is 2.89. The third-order valence-corrected chi connectivity index (χ3v) is 3.25. The van der Waals surface area contributed by atoms with E-state index in [1.54, 1.807) is 0 Å². The predicted molar refractivity (Wildman–Crippen MR) is 61.0 cm³/mol. The zero-order valence-corrected chi connectivity index (χ0v) is 13.1. The molecule has 0 unspecified atom stereocenters. The van der Waals surface area contributed by atoms with Crippen molar-refractivity contribution in [3.63, 3.8) is 0 Å². The quantitative estimate of drug-likeness (QED) is 0.229. The molecule has 0 rings (SSSR count). The van der Waals surface area contributed by atoms with E-state index in [2.05, 4.69) is 0 Å². The van der Waals surface area contributed by atoms with Gasteiger partial charge in [-0.1, -0.05) is 0 Å². The molecule has 0 amide bonds. The van der Waals surface area contributed by atoms with Crippen LogP contribution in [0.2, 0.25) is 0 Å². The van der Waals surface area contributed by atoms with E-state index in [0.29, 0.717) is 0 Å². The lowest BCUT2D eigenvalue weighted by molar-refractivity contribution is -0.401. The minimum absolute atomic E-state index is 0. The molecule has 0 heterocycles. The summed E-state index contributed by atoms with van der Waals surface area (Å²) in [5.41, 5.74) is 0. The number of hydrogen-bond acceptors (Lipinski definition) is 0.